The van der Waals surface area contributed by atoms with Gasteiger partial charge in [-0.25, -0.2) is 0 Å². The molecule has 0 bridgehead atoms. The van der Waals surface area contributed by atoms with Crippen LogP contribution in [0.1, 0.15) is 94.9 Å². The molecule has 3 aliphatic rings. The Hall–Kier alpha value is -1.68. The van der Waals surface area contributed by atoms with Crippen molar-refractivity contribution in [1.82, 2.24) is 10.6 Å². The minimum absolute atomic E-state index is 0.169. The molecular formula is C37H66N2O11. The summed E-state index contributed by atoms with van der Waals surface area (Å²) in [6.45, 7) is 18.5. The van der Waals surface area contributed by atoms with Gasteiger partial charge in [-0.3, -0.25) is 9.59 Å². The zero-order valence-electron chi connectivity index (χ0n) is 32.6. The van der Waals surface area contributed by atoms with Gasteiger partial charge in [-0.15, -0.1) is 0 Å². The highest BCUT2D eigenvalue weighted by atomic mass is 16.7. The van der Waals surface area contributed by atoms with Crippen LogP contribution in [-0.2, 0) is 42.7 Å². The number of hydrogen-bond acceptors (Lipinski definition) is 12. The summed E-state index contributed by atoms with van der Waals surface area (Å²) in [6, 6.07) is -0.614. The smallest absolute Gasteiger partial charge is 0.311 e. The summed E-state index contributed by atoms with van der Waals surface area (Å²) in [5.74, 6) is -2.62. The van der Waals surface area contributed by atoms with Crippen LogP contribution in [0.3, 0.4) is 0 Å². The first kappa shape index (κ1) is 42.7. The number of hydrogen-bond donors (Lipinski definition) is 4. The molecule has 3 heterocycles. The van der Waals surface area contributed by atoms with Gasteiger partial charge >= 0.3 is 5.97 Å². The second-order valence-electron chi connectivity index (χ2n) is 15.3. The zero-order valence-corrected chi connectivity index (χ0v) is 32.6. The standard InChI is InChI=1S/C37H66N2O11/c1-14-27-19(2)15-21(4)39-33(42)20(3)17-37(10,45-13)32(50-35-29(40)26(38-11)16-22(5)46-35)23(6)30(24(7)34(43)48-27)49-28-18-36(9,44-12)31(41)25(8)47-28/h15,20-32,35,38,40-41H,14,16-18H2,1-13H3,(H,39,42)/b19-15+/t20-,21-,22-,23+,24-,25+,26+,27-,28+,29-,30+,31+,32-,35+,36-,37-/m1/s1. The van der Waals surface area contributed by atoms with Crippen molar-refractivity contribution in [2.24, 2.45) is 17.8 Å². The van der Waals surface area contributed by atoms with E-state index in [0.717, 1.165) is 5.57 Å². The second kappa shape index (κ2) is 17.9. The highest BCUT2D eigenvalue weighted by Crippen LogP contribution is 2.40. The maximum absolute atomic E-state index is 14.1. The minimum Gasteiger partial charge on any atom is -0.458 e. The normalized spacial score (nSPS) is 46.9. The molecule has 16 atom stereocenters. The SMILES string of the molecule is CC[C@H]1OC(=O)[C@H](C)[C@@H](O[C@H]2C[C@@](C)(OC)[C@@H](O)[C@H](C)O2)[C@H](C)[C@@H](O[C@@H]2O[C@H](C)C[C@H](NC)[C@H]2O)[C@](C)(OC)C[C@@H](C)C(=O)N[C@H](C)/C=C/1C. The summed E-state index contributed by atoms with van der Waals surface area (Å²) in [5.41, 5.74) is -1.29. The lowest BCUT2D eigenvalue weighted by atomic mass is 9.77. The number of aliphatic hydroxyl groups excluding tert-OH is 2. The molecule has 2 fully saturated rings. The van der Waals surface area contributed by atoms with Gasteiger partial charge in [0.2, 0.25) is 5.91 Å². The van der Waals surface area contributed by atoms with E-state index in [0.29, 0.717) is 12.8 Å². The van der Waals surface area contributed by atoms with Gasteiger partial charge in [0.25, 0.3) is 0 Å². The number of amides is 1. The molecule has 0 saturated carbocycles. The average Bonchev–Trinajstić information content (AvgIpc) is 3.06. The highest BCUT2D eigenvalue weighted by Gasteiger charge is 2.52. The van der Waals surface area contributed by atoms with E-state index in [1.807, 2.05) is 54.5 Å². The fourth-order valence-electron chi connectivity index (χ4n) is 7.87. The van der Waals surface area contributed by atoms with Gasteiger partial charge in [0, 0.05) is 44.6 Å². The zero-order chi connectivity index (χ0) is 37.7. The largest absolute Gasteiger partial charge is 0.458 e. The number of ether oxygens (including phenoxy) is 7. The first-order chi connectivity index (χ1) is 23.3. The van der Waals surface area contributed by atoms with Gasteiger partial charge < -0.3 is 54.0 Å². The van der Waals surface area contributed by atoms with Crippen LogP contribution in [0.25, 0.3) is 0 Å². The molecule has 290 valence electrons. The monoisotopic (exact) mass is 714 g/mol. The van der Waals surface area contributed by atoms with Crippen molar-refractivity contribution < 1.29 is 53.0 Å². The van der Waals surface area contributed by atoms with Gasteiger partial charge in [-0.05, 0) is 80.3 Å². The maximum Gasteiger partial charge on any atom is 0.311 e. The maximum atomic E-state index is 14.1. The number of methoxy groups -OCH3 is 2. The summed E-state index contributed by atoms with van der Waals surface area (Å²) in [5, 5.41) is 28.5. The van der Waals surface area contributed by atoms with Crippen LogP contribution >= 0.6 is 0 Å². The molecule has 3 aliphatic heterocycles. The fourth-order valence-corrected chi connectivity index (χ4v) is 7.87. The topological polar surface area (TPSA) is 163 Å². The molecule has 0 aliphatic carbocycles. The molecular weight excluding hydrogens is 648 g/mol. The Morgan fingerprint density at radius 3 is 2.20 bits per heavy atom. The van der Waals surface area contributed by atoms with Crippen LogP contribution in [0.15, 0.2) is 11.6 Å². The molecule has 0 aromatic rings. The highest BCUT2D eigenvalue weighted by molar-refractivity contribution is 5.79. The molecule has 3 rings (SSSR count). The van der Waals surface area contributed by atoms with Crippen molar-refractivity contribution in [3.05, 3.63) is 11.6 Å². The first-order valence-electron chi connectivity index (χ1n) is 18.3. The van der Waals surface area contributed by atoms with Gasteiger partial charge in [0.15, 0.2) is 12.6 Å². The van der Waals surface area contributed by atoms with Crippen LogP contribution < -0.4 is 10.6 Å². The van der Waals surface area contributed by atoms with Gasteiger partial charge in [-0.2, -0.15) is 0 Å². The predicted octanol–water partition coefficient (Wildman–Crippen LogP) is 3.23. The van der Waals surface area contributed by atoms with Crippen LogP contribution in [0.5, 0.6) is 0 Å². The summed E-state index contributed by atoms with van der Waals surface area (Å²) >= 11 is 0. The Labute approximate surface area is 299 Å². The molecule has 4 N–H and O–H groups in total. The predicted molar refractivity (Wildman–Crippen MR) is 187 cm³/mol. The molecule has 0 aromatic heterocycles. The molecule has 13 nitrogen and oxygen atoms in total. The van der Waals surface area contributed by atoms with E-state index in [1.54, 1.807) is 34.9 Å². The molecule has 13 heteroatoms. The first-order valence-corrected chi connectivity index (χ1v) is 18.3. The Bertz CT molecular complexity index is 1160. The Kier molecular flexibility index (Phi) is 15.3. The number of nitrogens with one attached hydrogen (secondary N) is 2. The van der Waals surface area contributed by atoms with Crippen molar-refractivity contribution in [3.8, 4) is 0 Å². The lowest BCUT2D eigenvalue weighted by Gasteiger charge is -2.49. The Morgan fingerprint density at radius 2 is 1.62 bits per heavy atom. The Morgan fingerprint density at radius 1 is 0.980 bits per heavy atom. The van der Waals surface area contributed by atoms with E-state index >= 15 is 0 Å². The molecule has 2 saturated heterocycles. The summed E-state index contributed by atoms with van der Waals surface area (Å²) < 4.78 is 44.1. The lowest BCUT2D eigenvalue weighted by Crippen LogP contribution is -2.61. The summed E-state index contributed by atoms with van der Waals surface area (Å²) in [6.07, 6.45) is -3.54. The quantitative estimate of drug-likeness (QED) is 0.215. The van der Waals surface area contributed by atoms with Crippen LogP contribution in [-0.4, -0.2) is 122 Å². The molecule has 50 heavy (non-hydrogen) atoms. The molecule has 0 aromatic carbocycles. The van der Waals surface area contributed by atoms with E-state index < -0.39 is 84.1 Å². The van der Waals surface area contributed by atoms with Crippen molar-refractivity contribution >= 4 is 11.9 Å². The number of rotatable bonds is 8. The number of aliphatic hydroxyl groups is 2. The van der Waals surface area contributed by atoms with Crippen LogP contribution in [0.2, 0.25) is 0 Å². The number of carbonyl (C=O) groups excluding carboxylic acids is 2. The summed E-state index contributed by atoms with van der Waals surface area (Å²) in [4.78, 5) is 27.7. The van der Waals surface area contributed by atoms with Crippen LogP contribution in [0, 0.1) is 17.8 Å². The molecule has 0 radical (unpaired) electrons. The van der Waals surface area contributed by atoms with Crippen molar-refractivity contribution in [2.75, 3.05) is 21.3 Å². The van der Waals surface area contributed by atoms with Gasteiger partial charge in [-0.1, -0.05) is 26.8 Å². The van der Waals surface area contributed by atoms with E-state index in [4.69, 9.17) is 33.2 Å². The third-order valence-corrected chi connectivity index (χ3v) is 11.2. The van der Waals surface area contributed by atoms with E-state index in [-0.39, 0.29) is 36.9 Å². The average molecular weight is 715 g/mol. The van der Waals surface area contributed by atoms with Crippen molar-refractivity contribution in [2.45, 2.75) is 174 Å². The number of carbonyl (C=O) groups is 2. The van der Waals surface area contributed by atoms with Crippen LogP contribution in [0.4, 0.5) is 0 Å². The third kappa shape index (κ3) is 9.84. The third-order valence-electron chi connectivity index (χ3n) is 11.2. The fraction of sp³-hybridized carbons (Fsp3) is 0.892. The van der Waals surface area contributed by atoms with Crippen molar-refractivity contribution in [3.63, 3.8) is 0 Å². The lowest BCUT2D eigenvalue weighted by molar-refractivity contribution is -0.317. The number of likely N-dealkylation sites (N-methyl/N-ethyl adjacent to an activating group) is 1. The molecule has 1 amide bonds. The van der Waals surface area contributed by atoms with E-state index in [1.165, 1.54) is 7.11 Å². The second-order valence-corrected chi connectivity index (χ2v) is 15.3. The number of cyclic esters (lactones) is 1. The van der Waals surface area contributed by atoms with Crippen molar-refractivity contribution in [1.29, 1.82) is 0 Å². The summed E-state index contributed by atoms with van der Waals surface area (Å²) in [7, 11) is 4.88. The number of esters is 1. The van der Waals surface area contributed by atoms with E-state index in [2.05, 4.69) is 10.6 Å². The van der Waals surface area contributed by atoms with E-state index in [9.17, 15) is 19.8 Å². The van der Waals surface area contributed by atoms with Gasteiger partial charge in [0.05, 0.1) is 41.5 Å². The molecule has 0 spiro atoms. The molecule has 0 unspecified atom stereocenters. The Balaban J connectivity index is 2.18. The minimum atomic E-state index is -1.14. The van der Waals surface area contributed by atoms with Gasteiger partial charge in [0.1, 0.15) is 18.3 Å².